The molecule has 0 amide bonds. The minimum Gasteiger partial charge on any atom is -0.481 e. The van der Waals surface area contributed by atoms with Gasteiger partial charge in [0.15, 0.2) is 0 Å². The summed E-state index contributed by atoms with van der Waals surface area (Å²) in [5, 5.41) is 12.8. The van der Waals surface area contributed by atoms with Gasteiger partial charge in [0.1, 0.15) is 5.82 Å². The number of carboxylic acids is 1. The third-order valence-electron chi connectivity index (χ3n) is 5.13. The molecule has 1 atom stereocenters. The number of rotatable bonds is 5. The standard InChI is InChI=1S/C18H24FNO2/c1-11-10-14(6-9-16(11)19)17(12-2-3-12)20-15-7-4-13(5-8-15)18(21)22/h6,9-10,12-13,15,17,20H,2-5,7-8H2,1H3,(H,21,22). The van der Waals surface area contributed by atoms with Crippen LogP contribution in [0.2, 0.25) is 0 Å². The van der Waals surface area contributed by atoms with Gasteiger partial charge >= 0.3 is 5.97 Å². The molecule has 2 aliphatic carbocycles. The molecule has 0 spiro atoms. The summed E-state index contributed by atoms with van der Waals surface area (Å²) in [6.45, 7) is 1.81. The minimum absolute atomic E-state index is 0.153. The van der Waals surface area contributed by atoms with Crippen LogP contribution in [-0.4, -0.2) is 17.1 Å². The van der Waals surface area contributed by atoms with Crippen LogP contribution in [-0.2, 0) is 4.79 Å². The van der Waals surface area contributed by atoms with Crippen molar-refractivity contribution in [3.05, 3.63) is 35.1 Å². The quantitative estimate of drug-likeness (QED) is 0.869. The van der Waals surface area contributed by atoms with Crippen LogP contribution in [0.5, 0.6) is 0 Å². The SMILES string of the molecule is Cc1cc(C(NC2CCC(C(=O)O)CC2)C2CC2)ccc1F. The molecule has 1 aromatic rings. The van der Waals surface area contributed by atoms with E-state index in [1.807, 2.05) is 12.1 Å². The summed E-state index contributed by atoms with van der Waals surface area (Å²) in [5.41, 5.74) is 1.86. The normalized spacial score (nSPS) is 26.6. The molecule has 3 rings (SSSR count). The van der Waals surface area contributed by atoms with E-state index < -0.39 is 5.97 Å². The number of halogens is 1. The van der Waals surface area contributed by atoms with Crippen molar-refractivity contribution >= 4 is 5.97 Å². The maximum absolute atomic E-state index is 13.5. The molecule has 0 saturated heterocycles. The molecule has 0 radical (unpaired) electrons. The first-order valence-corrected chi connectivity index (χ1v) is 8.29. The van der Waals surface area contributed by atoms with E-state index in [1.54, 1.807) is 13.0 Å². The van der Waals surface area contributed by atoms with Gasteiger partial charge in [-0.2, -0.15) is 0 Å². The maximum Gasteiger partial charge on any atom is 0.306 e. The molecule has 0 bridgehead atoms. The Bertz CT molecular complexity index is 548. The van der Waals surface area contributed by atoms with Crippen molar-refractivity contribution in [1.82, 2.24) is 5.32 Å². The van der Waals surface area contributed by atoms with Crippen LogP contribution in [0.25, 0.3) is 0 Å². The number of carboxylic acid groups (broad SMARTS) is 1. The van der Waals surface area contributed by atoms with Crippen molar-refractivity contribution in [3.63, 3.8) is 0 Å². The number of hydrogen-bond donors (Lipinski definition) is 2. The molecular formula is C18H24FNO2. The fraction of sp³-hybridized carbons (Fsp3) is 0.611. The highest BCUT2D eigenvalue weighted by Gasteiger charge is 2.35. The zero-order chi connectivity index (χ0) is 15.7. The predicted molar refractivity (Wildman–Crippen MR) is 83.1 cm³/mol. The second-order valence-corrected chi connectivity index (χ2v) is 6.88. The Morgan fingerprint density at radius 2 is 1.91 bits per heavy atom. The monoisotopic (exact) mass is 305 g/mol. The van der Waals surface area contributed by atoms with Crippen molar-refractivity contribution in [1.29, 1.82) is 0 Å². The summed E-state index contributed by atoms with van der Waals surface area (Å²) in [7, 11) is 0. The van der Waals surface area contributed by atoms with Gasteiger partial charge in [-0.15, -0.1) is 0 Å². The van der Waals surface area contributed by atoms with Crippen LogP contribution in [0.4, 0.5) is 4.39 Å². The number of nitrogens with one attached hydrogen (secondary N) is 1. The lowest BCUT2D eigenvalue weighted by atomic mass is 9.85. The molecule has 2 saturated carbocycles. The zero-order valence-corrected chi connectivity index (χ0v) is 13.0. The van der Waals surface area contributed by atoms with E-state index >= 15 is 0 Å². The molecule has 1 aromatic carbocycles. The lowest BCUT2D eigenvalue weighted by Crippen LogP contribution is -2.38. The van der Waals surface area contributed by atoms with Gasteiger partial charge in [0.2, 0.25) is 0 Å². The van der Waals surface area contributed by atoms with Crippen LogP contribution in [0.3, 0.4) is 0 Å². The first-order valence-electron chi connectivity index (χ1n) is 8.29. The van der Waals surface area contributed by atoms with Gasteiger partial charge in [-0.1, -0.05) is 12.1 Å². The molecule has 2 fully saturated rings. The molecule has 120 valence electrons. The van der Waals surface area contributed by atoms with Gasteiger partial charge in [0.05, 0.1) is 5.92 Å². The number of carbonyl (C=O) groups is 1. The molecule has 0 aromatic heterocycles. The highest BCUT2D eigenvalue weighted by atomic mass is 19.1. The lowest BCUT2D eigenvalue weighted by Gasteiger charge is -2.31. The average molecular weight is 305 g/mol. The van der Waals surface area contributed by atoms with Crippen molar-refractivity contribution < 1.29 is 14.3 Å². The molecule has 0 heterocycles. The number of aryl methyl sites for hydroxylation is 1. The first-order chi connectivity index (χ1) is 10.5. The molecule has 1 unspecified atom stereocenters. The summed E-state index contributed by atoms with van der Waals surface area (Å²) in [4.78, 5) is 11.0. The summed E-state index contributed by atoms with van der Waals surface area (Å²) in [5.74, 6) is -0.348. The molecule has 0 aliphatic heterocycles. The number of aliphatic carboxylic acids is 1. The summed E-state index contributed by atoms with van der Waals surface area (Å²) in [6, 6.07) is 6.07. The second kappa shape index (κ2) is 6.37. The molecule has 4 heteroatoms. The van der Waals surface area contributed by atoms with Gasteiger partial charge in [0.25, 0.3) is 0 Å². The Kier molecular flexibility index (Phi) is 4.48. The largest absolute Gasteiger partial charge is 0.481 e. The number of benzene rings is 1. The van der Waals surface area contributed by atoms with Crippen LogP contribution in [0, 0.1) is 24.6 Å². The molecular weight excluding hydrogens is 281 g/mol. The predicted octanol–water partition coefficient (Wildman–Crippen LogP) is 3.82. The van der Waals surface area contributed by atoms with Gasteiger partial charge in [-0.25, -0.2) is 4.39 Å². The van der Waals surface area contributed by atoms with Gasteiger partial charge < -0.3 is 10.4 Å². The van der Waals surface area contributed by atoms with Crippen LogP contribution in [0.15, 0.2) is 18.2 Å². The molecule has 2 aliphatic rings. The van der Waals surface area contributed by atoms with Crippen LogP contribution in [0.1, 0.15) is 55.7 Å². The molecule has 22 heavy (non-hydrogen) atoms. The van der Waals surface area contributed by atoms with Crippen LogP contribution >= 0.6 is 0 Å². The van der Waals surface area contributed by atoms with Gasteiger partial charge in [0, 0.05) is 12.1 Å². The Labute approximate surface area is 130 Å². The van der Waals surface area contributed by atoms with Crippen molar-refractivity contribution in [2.45, 2.75) is 57.5 Å². The summed E-state index contributed by atoms with van der Waals surface area (Å²) >= 11 is 0. The Morgan fingerprint density at radius 3 is 2.45 bits per heavy atom. The number of hydrogen-bond acceptors (Lipinski definition) is 2. The summed E-state index contributed by atoms with van der Waals surface area (Å²) in [6.07, 6.45) is 5.79. The Balaban J connectivity index is 1.65. The highest BCUT2D eigenvalue weighted by molar-refractivity contribution is 5.70. The zero-order valence-electron chi connectivity index (χ0n) is 13.0. The fourth-order valence-corrected chi connectivity index (χ4v) is 3.56. The van der Waals surface area contributed by atoms with Gasteiger partial charge in [-0.05, 0) is 68.6 Å². The topological polar surface area (TPSA) is 49.3 Å². The van der Waals surface area contributed by atoms with Gasteiger partial charge in [-0.3, -0.25) is 4.79 Å². The highest BCUT2D eigenvalue weighted by Crippen LogP contribution is 2.42. The van der Waals surface area contributed by atoms with E-state index in [0.29, 0.717) is 17.5 Å². The van der Waals surface area contributed by atoms with E-state index in [9.17, 15) is 9.18 Å². The van der Waals surface area contributed by atoms with E-state index in [2.05, 4.69) is 5.32 Å². The second-order valence-electron chi connectivity index (χ2n) is 6.88. The molecule has 2 N–H and O–H groups in total. The maximum atomic E-state index is 13.5. The fourth-order valence-electron chi connectivity index (χ4n) is 3.56. The van der Waals surface area contributed by atoms with E-state index in [-0.39, 0.29) is 17.8 Å². The lowest BCUT2D eigenvalue weighted by molar-refractivity contribution is -0.142. The Morgan fingerprint density at radius 1 is 1.23 bits per heavy atom. The van der Waals surface area contributed by atoms with E-state index in [4.69, 9.17) is 5.11 Å². The Hall–Kier alpha value is -1.42. The third kappa shape index (κ3) is 3.49. The smallest absolute Gasteiger partial charge is 0.306 e. The third-order valence-corrected chi connectivity index (χ3v) is 5.13. The minimum atomic E-state index is -0.661. The van der Waals surface area contributed by atoms with Crippen molar-refractivity contribution in [3.8, 4) is 0 Å². The van der Waals surface area contributed by atoms with Crippen molar-refractivity contribution in [2.75, 3.05) is 0 Å². The van der Waals surface area contributed by atoms with Crippen LogP contribution < -0.4 is 5.32 Å². The first kappa shape index (κ1) is 15.5. The van der Waals surface area contributed by atoms with E-state index in [0.717, 1.165) is 25.7 Å². The molecule has 3 nitrogen and oxygen atoms in total. The summed E-state index contributed by atoms with van der Waals surface area (Å²) < 4.78 is 13.5. The average Bonchev–Trinajstić information content (AvgIpc) is 3.33. The van der Waals surface area contributed by atoms with Crippen molar-refractivity contribution in [2.24, 2.45) is 11.8 Å². The van der Waals surface area contributed by atoms with E-state index in [1.165, 1.54) is 18.4 Å².